The van der Waals surface area contributed by atoms with Crippen molar-refractivity contribution in [2.24, 2.45) is 0 Å². The SMILES string of the molecule is CCCNCC(C)=Cc1ccc(C)cc1. The third kappa shape index (κ3) is 4.80. The van der Waals surface area contributed by atoms with Crippen LogP contribution in [0.2, 0.25) is 0 Å². The maximum atomic E-state index is 3.40. The first-order valence-corrected chi connectivity index (χ1v) is 5.67. The van der Waals surface area contributed by atoms with Gasteiger partial charge < -0.3 is 5.32 Å². The predicted octanol–water partition coefficient (Wildman–Crippen LogP) is 3.40. The molecule has 1 heteroatoms. The molecule has 0 radical (unpaired) electrons. The summed E-state index contributed by atoms with van der Waals surface area (Å²) in [6.45, 7) is 8.55. The van der Waals surface area contributed by atoms with Crippen molar-refractivity contribution in [1.82, 2.24) is 5.32 Å². The quantitative estimate of drug-likeness (QED) is 0.723. The molecule has 0 spiro atoms. The summed E-state index contributed by atoms with van der Waals surface area (Å²) in [5.41, 5.74) is 3.98. The zero-order valence-corrected chi connectivity index (χ0v) is 10.0. The van der Waals surface area contributed by atoms with E-state index >= 15 is 0 Å². The second-order valence-electron chi connectivity index (χ2n) is 4.08. The van der Waals surface area contributed by atoms with Crippen LogP contribution < -0.4 is 5.32 Å². The van der Waals surface area contributed by atoms with Gasteiger partial charge in [0.1, 0.15) is 0 Å². The van der Waals surface area contributed by atoms with E-state index in [9.17, 15) is 0 Å². The second-order valence-corrected chi connectivity index (χ2v) is 4.08. The van der Waals surface area contributed by atoms with Gasteiger partial charge >= 0.3 is 0 Å². The van der Waals surface area contributed by atoms with Crippen LogP contribution in [0.3, 0.4) is 0 Å². The highest BCUT2D eigenvalue weighted by molar-refractivity contribution is 5.52. The second kappa shape index (κ2) is 6.41. The van der Waals surface area contributed by atoms with Crippen molar-refractivity contribution in [2.45, 2.75) is 27.2 Å². The first-order chi connectivity index (χ1) is 7.22. The van der Waals surface area contributed by atoms with Gasteiger partial charge in [-0.05, 0) is 32.4 Å². The Morgan fingerprint density at radius 3 is 2.53 bits per heavy atom. The third-order valence-corrected chi connectivity index (χ3v) is 2.32. The van der Waals surface area contributed by atoms with Gasteiger partial charge in [-0.15, -0.1) is 0 Å². The fraction of sp³-hybridized carbons (Fsp3) is 0.429. The number of hydrogen-bond donors (Lipinski definition) is 1. The Morgan fingerprint density at radius 2 is 1.93 bits per heavy atom. The fourth-order valence-corrected chi connectivity index (χ4v) is 1.46. The topological polar surface area (TPSA) is 12.0 Å². The Bertz CT molecular complexity index is 309. The summed E-state index contributed by atoms with van der Waals surface area (Å²) < 4.78 is 0. The third-order valence-electron chi connectivity index (χ3n) is 2.32. The maximum absolute atomic E-state index is 3.40. The highest BCUT2D eigenvalue weighted by Gasteiger charge is 1.91. The van der Waals surface area contributed by atoms with Gasteiger partial charge in [0, 0.05) is 6.54 Å². The smallest absolute Gasteiger partial charge is 0.0165 e. The zero-order chi connectivity index (χ0) is 11.1. The Hall–Kier alpha value is -1.08. The predicted molar refractivity (Wildman–Crippen MR) is 68.0 cm³/mol. The molecular weight excluding hydrogens is 182 g/mol. The Kier molecular flexibility index (Phi) is 5.13. The molecule has 0 amide bonds. The molecule has 1 N–H and O–H groups in total. The monoisotopic (exact) mass is 203 g/mol. The van der Waals surface area contributed by atoms with Gasteiger partial charge in [0.25, 0.3) is 0 Å². The van der Waals surface area contributed by atoms with Crippen LogP contribution in [0.5, 0.6) is 0 Å². The lowest BCUT2D eigenvalue weighted by molar-refractivity contribution is 0.715. The van der Waals surface area contributed by atoms with Crippen LogP contribution >= 0.6 is 0 Å². The van der Waals surface area contributed by atoms with Crippen molar-refractivity contribution in [1.29, 1.82) is 0 Å². The van der Waals surface area contributed by atoms with E-state index in [0.29, 0.717) is 0 Å². The molecule has 0 aliphatic rings. The fourth-order valence-electron chi connectivity index (χ4n) is 1.46. The van der Waals surface area contributed by atoms with Gasteiger partial charge in [0.15, 0.2) is 0 Å². The average molecular weight is 203 g/mol. The van der Waals surface area contributed by atoms with Crippen LogP contribution in [0.15, 0.2) is 29.8 Å². The van der Waals surface area contributed by atoms with Crippen LogP contribution in [0.25, 0.3) is 6.08 Å². The Morgan fingerprint density at radius 1 is 1.27 bits per heavy atom. The van der Waals surface area contributed by atoms with E-state index in [0.717, 1.165) is 13.1 Å². The summed E-state index contributed by atoms with van der Waals surface area (Å²) in [6.07, 6.45) is 3.43. The Balaban J connectivity index is 2.50. The number of hydrogen-bond acceptors (Lipinski definition) is 1. The number of nitrogens with one attached hydrogen (secondary N) is 1. The maximum Gasteiger partial charge on any atom is 0.0165 e. The molecule has 1 rings (SSSR count). The van der Waals surface area contributed by atoms with Crippen molar-refractivity contribution in [2.75, 3.05) is 13.1 Å². The highest BCUT2D eigenvalue weighted by Crippen LogP contribution is 2.07. The number of benzene rings is 1. The van der Waals surface area contributed by atoms with Gasteiger partial charge in [-0.3, -0.25) is 0 Å². The summed E-state index contributed by atoms with van der Waals surface area (Å²) in [4.78, 5) is 0. The first-order valence-electron chi connectivity index (χ1n) is 5.67. The van der Waals surface area contributed by atoms with Crippen LogP contribution in [0.1, 0.15) is 31.4 Å². The van der Waals surface area contributed by atoms with E-state index in [1.165, 1.54) is 23.1 Å². The van der Waals surface area contributed by atoms with Gasteiger partial charge in [-0.1, -0.05) is 48.4 Å². The molecule has 82 valence electrons. The standard InChI is InChI=1S/C14H21N/c1-4-9-15-11-13(3)10-14-7-5-12(2)6-8-14/h5-8,10,15H,4,9,11H2,1-3H3. The van der Waals surface area contributed by atoms with Gasteiger partial charge in [-0.25, -0.2) is 0 Å². The minimum Gasteiger partial charge on any atom is -0.313 e. The molecule has 0 aliphatic carbocycles. The lowest BCUT2D eigenvalue weighted by Gasteiger charge is -2.03. The molecule has 0 atom stereocenters. The molecule has 1 nitrogen and oxygen atoms in total. The molecule has 0 saturated heterocycles. The van der Waals surface area contributed by atoms with Gasteiger partial charge in [0.2, 0.25) is 0 Å². The molecule has 0 saturated carbocycles. The van der Waals surface area contributed by atoms with Crippen LogP contribution in [0.4, 0.5) is 0 Å². The van der Waals surface area contributed by atoms with Crippen molar-refractivity contribution < 1.29 is 0 Å². The summed E-state index contributed by atoms with van der Waals surface area (Å²) in [5, 5.41) is 3.40. The van der Waals surface area contributed by atoms with E-state index in [4.69, 9.17) is 0 Å². The molecule has 0 heterocycles. The van der Waals surface area contributed by atoms with E-state index in [2.05, 4.69) is 56.4 Å². The summed E-state index contributed by atoms with van der Waals surface area (Å²) >= 11 is 0. The van der Waals surface area contributed by atoms with Crippen molar-refractivity contribution in [3.05, 3.63) is 41.0 Å². The normalized spacial score (nSPS) is 11.8. The van der Waals surface area contributed by atoms with Crippen LogP contribution in [-0.2, 0) is 0 Å². The largest absolute Gasteiger partial charge is 0.313 e. The highest BCUT2D eigenvalue weighted by atomic mass is 14.8. The molecule has 1 aromatic carbocycles. The van der Waals surface area contributed by atoms with Crippen LogP contribution in [-0.4, -0.2) is 13.1 Å². The number of rotatable bonds is 5. The minimum atomic E-state index is 0.988. The summed E-state index contributed by atoms with van der Waals surface area (Å²) in [6, 6.07) is 8.63. The van der Waals surface area contributed by atoms with Gasteiger partial charge in [-0.2, -0.15) is 0 Å². The molecule has 0 bridgehead atoms. The molecule has 0 fully saturated rings. The lowest BCUT2D eigenvalue weighted by Crippen LogP contribution is -2.16. The molecule has 1 aromatic rings. The van der Waals surface area contributed by atoms with E-state index < -0.39 is 0 Å². The average Bonchev–Trinajstić information content (AvgIpc) is 2.22. The lowest BCUT2D eigenvalue weighted by atomic mass is 10.1. The van der Waals surface area contributed by atoms with Crippen molar-refractivity contribution in [3.8, 4) is 0 Å². The molecule has 15 heavy (non-hydrogen) atoms. The minimum absolute atomic E-state index is 0.988. The molecule has 0 unspecified atom stereocenters. The first kappa shape index (κ1) is 12.0. The molecular formula is C14H21N. The Labute approximate surface area is 93.2 Å². The van der Waals surface area contributed by atoms with E-state index in [1.54, 1.807) is 0 Å². The summed E-state index contributed by atoms with van der Waals surface area (Å²) in [5.74, 6) is 0. The van der Waals surface area contributed by atoms with Crippen molar-refractivity contribution in [3.63, 3.8) is 0 Å². The van der Waals surface area contributed by atoms with Crippen LogP contribution in [0, 0.1) is 6.92 Å². The molecule has 0 aromatic heterocycles. The number of aryl methyl sites for hydroxylation is 1. The van der Waals surface area contributed by atoms with E-state index in [-0.39, 0.29) is 0 Å². The summed E-state index contributed by atoms with van der Waals surface area (Å²) in [7, 11) is 0. The van der Waals surface area contributed by atoms with Gasteiger partial charge in [0.05, 0.1) is 0 Å². The van der Waals surface area contributed by atoms with Crippen molar-refractivity contribution >= 4 is 6.08 Å². The zero-order valence-electron chi connectivity index (χ0n) is 10.0. The van der Waals surface area contributed by atoms with E-state index in [1.807, 2.05) is 0 Å². The molecule has 0 aliphatic heterocycles.